The smallest absolute Gasteiger partial charge is 0.257 e. The number of aromatic hydroxyl groups is 1. The number of halogens is 1. The fraction of sp³-hybridized carbons (Fsp3) is 0.500. The third-order valence-electron chi connectivity index (χ3n) is 3.82. The number of para-hydroxylation sites is 1. The second-order valence-electron chi connectivity index (χ2n) is 5.20. The van der Waals surface area contributed by atoms with Crippen LogP contribution in [0.4, 0.5) is 4.39 Å². The maximum Gasteiger partial charge on any atom is 0.257 e. The van der Waals surface area contributed by atoms with Gasteiger partial charge in [0.15, 0.2) is 11.6 Å². The quantitative estimate of drug-likeness (QED) is 0.839. The van der Waals surface area contributed by atoms with Crippen LogP contribution in [0.25, 0.3) is 0 Å². The van der Waals surface area contributed by atoms with E-state index < -0.39 is 17.2 Å². The van der Waals surface area contributed by atoms with Gasteiger partial charge in [0.1, 0.15) is 5.60 Å². The molecule has 1 aromatic rings. The molecule has 1 unspecified atom stereocenters. The molecule has 0 aromatic heterocycles. The average Bonchev–Trinajstić information content (AvgIpc) is 2.89. The number of phenols is 1. The molecule has 1 amide bonds. The van der Waals surface area contributed by atoms with Gasteiger partial charge in [-0.3, -0.25) is 4.79 Å². The minimum absolute atomic E-state index is 0.0130. The van der Waals surface area contributed by atoms with Gasteiger partial charge in [0.25, 0.3) is 5.91 Å². The fourth-order valence-corrected chi connectivity index (χ4v) is 2.70. The Bertz CT molecular complexity index is 528. The van der Waals surface area contributed by atoms with Gasteiger partial charge in [-0.05, 0) is 12.1 Å². The summed E-state index contributed by atoms with van der Waals surface area (Å²) in [4.78, 5) is 14.0. The maximum absolute atomic E-state index is 13.3. The lowest BCUT2D eigenvalue weighted by atomic mass is 10.00. The Hall–Kier alpha value is -1.66. The van der Waals surface area contributed by atoms with Crippen LogP contribution in [0.1, 0.15) is 16.8 Å². The number of benzene rings is 1. The first-order valence-corrected chi connectivity index (χ1v) is 6.60. The Kier molecular flexibility index (Phi) is 3.35. The van der Waals surface area contributed by atoms with E-state index in [0.29, 0.717) is 32.9 Å². The molecule has 2 aliphatic rings. The van der Waals surface area contributed by atoms with Gasteiger partial charge in [-0.1, -0.05) is 6.07 Å². The number of hydrogen-bond acceptors (Lipinski definition) is 4. The predicted molar refractivity (Wildman–Crippen MR) is 68.1 cm³/mol. The number of ether oxygens (including phenoxy) is 2. The standard InChI is InChI=1S/C14H16FNO4/c15-11-3-1-2-10(12(11)17)13(18)16-5-7-20-14(8-16)4-6-19-9-14/h1-3,17H,4-9H2. The SMILES string of the molecule is O=C(c1cccc(F)c1O)N1CCOC2(CCOC2)C1. The summed E-state index contributed by atoms with van der Waals surface area (Å²) >= 11 is 0. The topological polar surface area (TPSA) is 59.0 Å². The molecule has 2 heterocycles. The third kappa shape index (κ3) is 2.25. The summed E-state index contributed by atoms with van der Waals surface area (Å²) in [5, 5.41) is 9.68. The lowest BCUT2D eigenvalue weighted by molar-refractivity contribution is -0.0995. The molecular formula is C14H16FNO4. The van der Waals surface area contributed by atoms with Crippen LogP contribution in [0, 0.1) is 5.82 Å². The van der Waals surface area contributed by atoms with Gasteiger partial charge in [-0.25, -0.2) is 4.39 Å². The van der Waals surface area contributed by atoms with E-state index in [1.807, 2.05) is 0 Å². The third-order valence-corrected chi connectivity index (χ3v) is 3.82. The Morgan fingerprint density at radius 2 is 2.25 bits per heavy atom. The average molecular weight is 281 g/mol. The molecule has 2 aliphatic heterocycles. The molecule has 6 heteroatoms. The molecular weight excluding hydrogens is 265 g/mol. The largest absolute Gasteiger partial charge is 0.504 e. The number of nitrogens with zero attached hydrogens (tertiary/aromatic N) is 1. The zero-order valence-corrected chi connectivity index (χ0v) is 11.0. The number of amides is 1. The molecule has 2 fully saturated rings. The van der Waals surface area contributed by atoms with Crippen molar-refractivity contribution >= 4 is 5.91 Å². The van der Waals surface area contributed by atoms with E-state index in [0.717, 1.165) is 12.5 Å². The fourth-order valence-electron chi connectivity index (χ4n) is 2.70. The Morgan fingerprint density at radius 1 is 1.40 bits per heavy atom. The monoisotopic (exact) mass is 281 g/mol. The summed E-state index contributed by atoms with van der Waals surface area (Å²) in [7, 11) is 0. The van der Waals surface area contributed by atoms with Crippen molar-refractivity contribution in [3.63, 3.8) is 0 Å². The van der Waals surface area contributed by atoms with Crippen LogP contribution in [0.3, 0.4) is 0 Å². The molecule has 1 aromatic carbocycles. The highest BCUT2D eigenvalue weighted by atomic mass is 19.1. The first-order valence-electron chi connectivity index (χ1n) is 6.60. The number of morpholine rings is 1. The molecule has 2 saturated heterocycles. The van der Waals surface area contributed by atoms with Gasteiger partial charge in [0, 0.05) is 19.6 Å². The van der Waals surface area contributed by atoms with Crippen LogP contribution < -0.4 is 0 Å². The number of carbonyl (C=O) groups excluding carboxylic acids is 1. The van der Waals surface area contributed by atoms with Crippen LogP contribution in [-0.2, 0) is 9.47 Å². The molecule has 0 saturated carbocycles. The summed E-state index contributed by atoms with van der Waals surface area (Å²) < 4.78 is 24.4. The van der Waals surface area contributed by atoms with Gasteiger partial charge < -0.3 is 19.5 Å². The van der Waals surface area contributed by atoms with Gasteiger partial charge >= 0.3 is 0 Å². The van der Waals surface area contributed by atoms with Crippen molar-refractivity contribution in [2.24, 2.45) is 0 Å². The van der Waals surface area contributed by atoms with Crippen LogP contribution in [-0.4, -0.2) is 54.4 Å². The Morgan fingerprint density at radius 3 is 3.00 bits per heavy atom. The molecule has 1 N–H and O–H groups in total. The van der Waals surface area contributed by atoms with Gasteiger partial charge in [0.2, 0.25) is 0 Å². The van der Waals surface area contributed by atoms with Crippen molar-refractivity contribution in [3.8, 4) is 5.75 Å². The van der Waals surface area contributed by atoms with E-state index in [2.05, 4.69) is 0 Å². The number of hydrogen-bond donors (Lipinski definition) is 1. The minimum Gasteiger partial charge on any atom is -0.504 e. The number of rotatable bonds is 1. The van der Waals surface area contributed by atoms with Crippen LogP contribution in [0.2, 0.25) is 0 Å². The minimum atomic E-state index is -0.789. The van der Waals surface area contributed by atoms with Gasteiger partial charge in [-0.15, -0.1) is 0 Å². The van der Waals surface area contributed by atoms with E-state index in [1.165, 1.54) is 12.1 Å². The van der Waals surface area contributed by atoms with Gasteiger partial charge in [-0.2, -0.15) is 0 Å². The summed E-state index contributed by atoms with van der Waals surface area (Å²) in [6.45, 7) is 2.34. The molecule has 3 rings (SSSR count). The van der Waals surface area contributed by atoms with Crippen LogP contribution >= 0.6 is 0 Å². The van der Waals surface area contributed by atoms with Crippen LogP contribution in [0.15, 0.2) is 18.2 Å². The first kappa shape index (κ1) is 13.3. The number of carbonyl (C=O) groups is 1. The highest BCUT2D eigenvalue weighted by Gasteiger charge is 2.42. The molecule has 108 valence electrons. The second-order valence-corrected chi connectivity index (χ2v) is 5.20. The lowest BCUT2D eigenvalue weighted by Crippen LogP contribution is -2.54. The molecule has 0 bridgehead atoms. The van der Waals surface area contributed by atoms with Crippen molar-refractivity contribution in [1.82, 2.24) is 4.90 Å². The number of phenolic OH excluding ortho intramolecular Hbond substituents is 1. The summed E-state index contributed by atoms with van der Waals surface area (Å²) in [6, 6.07) is 3.96. The molecule has 20 heavy (non-hydrogen) atoms. The summed E-state index contributed by atoms with van der Waals surface area (Å²) in [6.07, 6.45) is 0.742. The zero-order chi connectivity index (χ0) is 14.2. The van der Waals surface area contributed by atoms with Gasteiger partial charge in [0.05, 0.1) is 25.3 Å². The van der Waals surface area contributed by atoms with E-state index >= 15 is 0 Å². The Labute approximate surface area is 115 Å². The summed E-state index contributed by atoms with van der Waals surface area (Å²) in [5.41, 5.74) is -0.461. The first-order chi connectivity index (χ1) is 9.61. The summed E-state index contributed by atoms with van der Waals surface area (Å²) in [5.74, 6) is -1.76. The van der Waals surface area contributed by atoms with E-state index in [-0.39, 0.29) is 11.5 Å². The molecule has 0 aliphatic carbocycles. The predicted octanol–water partition coefficient (Wildman–Crippen LogP) is 1.16. The van der Waals surface area contributed by atoms with E-state index in [9.17, 15) is 14.3 Å². The molecule has 5 nitrogen and oxygen atoms in total. The lowest BCUT2D eigenvalue weighted by Gasteiger charge is -2.39. The maximum atomic E-state index is 13.3. The Balaban J connectivity index is 1.81. The van der Waals surface area contributed by atoms with Crippen molar-refractivity contribution in [2.45, 2.75) is 12.0 Å². The van der Waals surface area contributed by atoms with Crippen LogP contribution in [0.5, 0.6) is 5.75 Å². The molecule has 1 spiro atoms. The zero-order valence-electron chi connectivity index (χ0n) is 11.0. The molecule has 1 atom stereocenters. The molecule has 0 radical (unpaired) electrons. The van der Waals surface area contributed by atoms with Crippen molar-refractivity contribution in [1.29, 1.82) is 0 Å². The van der Waals surface area contributed by atoms with Crippen molar-refractivity contribution in [3.05, 3.63) is 29.6 Å². The second kappa shape index (κ2) is 5.03. The van der Waals surface area contributed by atoms with E-state index in [1.54, 1.807) is 4.90 Å². The van der Waals surface area contributed by atoms with E-state index in [4.69, 9.17) is 9.47 Å². The van der Waals surface area contributed by atoms with Crippen molar-refractivity contribution < 1.29 is 23.8 Å². The highest BCUT2D eigenvalue weighted by molar-refractivity contribution is 5.97. The normalized spacial score (nSPS) is 26.1. The van der Waals surface area contributed by atoms with Crippen molar-refractivity contribution in [2.75, 3.05) is 32.9 Å². The highest BCUT2D eigenvalue weighted by Crippen LogP contribution is 2.29.